The van der Waals surface area contributed by atoms with Gasteiger partial charge in [0.05, 0.1) is 5.92 Å². The average molecular weight is 262 g/mol. The van der Waals surface area contributed by atoms with E-state index in [4.69, 9.17) is 0 Å². The van der Waals surface area contributed by atoms with Gasteiger partial charge in [-0.2, -0.15) is 0 Å². The lowest BCUT2D eigenvalue weighted by Crippen LogP contribution is -2.45. The Hall–Kier alpha value is -1.65. The second-order valence-electron chi connectivity index (χ2n) is 5.15. The van der Waals surface area contributed by atoms with Crippen molar-refractivity contribution in [1.82, 2.24) is 15.3 Å². The number of amides is 1. The number of rotatable bonds is 4. The van der Waals surface area contributed by atoms with Crippen LogP contribution >= 0.6 is 0 Å². The van der Waals surface area contributed by atoms with Crippen LogP contribution in [-0.2, 0) is 4.79 Å². The number of nitrogens with zero attached hydrogens (tertiary/aromatic N) is 3. The van der Waals surface area contributed by atoms with E-state index < -0.39 is 0 Å². The minimum absolute atomic E-state index is 0.0477. The quantitative estimate of drug-likeness (QED) is 0.895. The standard InChI is InChI=1S/C14H22N4O/c1-3-11(2)17-13(19)12-6-4-9-18(10-12)14-15-7-5-8-16-14/h5,7-8,11-12H,3-4,6,9-10H2,1-2H3,(H,17,19)/t11-,12-/m0/s1. The molecule has 0 aromatic carbocycles. The van der Waals surface area contributed by atoms with E-state index in [1.807, 2.05) is 6.92 Å². The molecule has 0 saturated carbocycles. The summed E-state index contributed by atoms with van der Waals surface area (Å²) in [7, 11) is 0. The number of carbonyl (C=O) groups is 1. The molecule has 1 aromatic rings. The van der Waals surface area contributed by atoms with Crippen molar-refractivity contribution in [3.8, 4) is 0 Å². The fraction of sp³-hybridized carbons (Fsp3) is 0.643. The van der Waals surface area contributed by atoms with Crippen molar-refractivity contribution < 1.29 is 4.79 Å². The first-order chi connectivity index (χ1) is 9.20. The van der Waals surface area contributed by atoms with Crippen LogP contribution in [0.1, 0.15) is 33.1 Å². The normalized spacial score (nSPS) is 20.9. The van der Waals surface area contributed by atoms with Crippen LogP contribution in [0.2, 0.25) is 0 Å². The highest BCUT2D eigenvalue weighted by molar-refractivity contribution is 5.79. The number of piperidine rings is 1. The highest BCUT2D eigenvalue weighted by atomic mass is 16.2. The predicted molar refractivity (Wildman–Crippen MR) is 74.9 cm³/mol. The summed E-state index contributed by atoms with van der Waals surface area (Å²) in [5, 5.41) is 3.06. The van der Waals surface area contributed by atoms with Crippen molar-refractivity contribution in [3.63, 3.8) is 0 Å². The van der Waals surface area contributed by atoms with Crippen molar-refractivity contribution in [2.75, 3.05) is 18.0 Å². The molecule has 0 bridgehead atoms. The van der Waals surface area contributed by atoms with Gasteiger partial charge in [-0.05, 0) is 32.3 Å². The lowest BCUT2D eigenvalue weighted by molar-refractivity contribution is -0.125. The molecule has 1 fully saturated rings. The lowest BCUT2D eigenvalue weighted by Gasteiger charge is -2.32. The average Bonchev–Trinajstić information content (AvgIpc) is 2.48. The lowest BCUT2D eigenvalue weighted by atomic mass is 9.97. The summed E-state index contributed by atoms with van der Waals surface area (Å²) in [4.78, 5) is 22.8. The monoisotopic (exact) mass is 262 g/mol. The number of carbonyl (C=O) groups excluding carboxylic acids is 1. The molecule has 1 aromatic heterocycles. The van der Waals surface area contributed by atoms with Crippen LogP contribution in [0.5, 0.6) is 0 Å². The summed E-state index contributed by atoms with van der Waals surface area (Å²) < 4.78 is 0. The zero-order chi connectivity index (χ0) is 13.7. The Kier molecular flexibility index (Phi) is 4.71. The minimum atomic E-state index is 0.0477. The van der Waals surface area contributed by atoms with Crippen molar-refractivity contribution in [1.29, 1.82) is 0 Å². The van der Waals surface area contributed by atoms with Crippen LogP contribution in [0.15, 0.2) is 18.5 Å². The highest BCUT2D eigenvalue weighted by Gasteiger charge is 2.27. The summed E-state index contributed by atoms with van der Waals surface area (Å²) >= 11 is 0. The van der Waals surface area contributed by atoms with Crippen LogP contribution in [0.4, 0.5) is 5.95 Å². The van der Waals surface area contributed by atoms with Crippen LogP contribution in [0.25, 0.3) is 0 Å². The summed E-state index contributed by atoms with van der Waals surface area (Å²) in [6.45, 7) is 5.76. The zero-order valence-corrected chi connectivity index (χ0v) is 11.7. The molecule has 19 heavy (non-hydrogen) atoms. The van der Waals surface area contributed by atoms with Gasteiger partial charge in [0, 0.05) is 31.5 Å². The van der Waals surface area contributed by atoms with Gasteiger partial charge in [-0.15, -0.1) is 0 Å². The fourth-order valence-corrected chi connectivity index (χ4v) is 2.29. The zero-order valence-electron chi connectivity index (χ0n) is 11.7. The van der Waals surface area contributed by atoms with E-state index in [2.05, 4.69) is 27.1 Å². The van der Waals surface area contributed by atoms with Crippen molar-refractivity contribution in [2.45, 2.75) is 39.2 Å². The molecule has 2 atom stereocenters. The Morgan fingerprint density at radius 3 is 2.95 bits per heavy atom. The number of hydrogen-bond acceptors (Lipinski definition) is 4. The maximum absolute atomic E-state index is 12.2. The van der Waals surface area contributed by atoms with Gasteiger partial charge in [-0.25, -0.2) is 9.97 Å². The number of hydrogen-bond donors (Lipinski definition) is 1. The van der Waals surface area contributed by atoms with Crippen molar-refractivity contribution in [2.24, 2.45) is 5.92 Å². The van der Waals surface area contributed by atoms with E-state index in [1.165, 1.54) is 0 Å². The molecule has 5 heteroatoms. The Morgan fingerprint density at radius 1 is 1.53 bits per heavy atom. The maximum Gasteiger partial charge on any atom is 0.225 e. The Balaban J connectivity index is 1.95. The summed E-state index contributed by atoms with van der Waals surface area (Å²) in [5.74, 6) is 0.935. The summed E-state index contributed by atoms with van der Waals surface area (Å²) in [6.07, 6.45) is 6.41. The molecule has 1 aliphatic rings. The van der Waals surface area contributed by atoms with Gasteiger partial charge in [-0.3, -0.25) is 4.79 Å². The molecule has 1 saturated heterocycles. The molecule has 2 heterocycles. The summed E-state index contributed by atoms with van der Waals surface area (Å²) in [5.41, 5.74) is 0. The van der Waals surface area contributed by atoms with Crippen LogP contribution in [0.3, 0.4) is 0 Å². The van der Waals surface area contributed by atoms with Gasteiger partial charge in [0.25, 0.3) is 0 Å². The van der Waals surface area contributed by atoms with Gasteiger partial charge in [0.2, 0.25) is 11.9 Å². The van der Waals surface area contributed by atoms with E-state index in [1.54, 1.807) is 18.5 Å². The van der Waals surface area contributed by atoms with E-state index in [0.717, 1.165) is 31.8 Å². The number of nitrogens with one attached hydrogen (secondary N) is 1. The molecule has 0 unspecified atom stereocenters. The molecule has 1 N–H and O–H groups in total. The van der Waals surface area contributed by atoms with E-state index >= 15 is 0 Å². The smallest absolute Gasteiger partial charge is 0.225 e. The minimum Gasteiger partial charge on any atom is -0.353 e. The third-order valence-corrected chi connectivity index (χ3v) is 3.63. The van der Waals surface area contributed by atoms with Gasteiger partial charge in [-0.1, -0.05) is 6.92 Å². The highest BCUT2D eigenvalue weighted by Crippen LogP contribution is 2.20. The van der Waals surface area contributed by atoms with E-state index in [0.29, 0.717) is 6.54 Å². The third kappa shape index (κ3) is 3.66. The van der Waals surface area contributed by atoms with Gasteiger partial charge >= 0.3 is 0 Å². The first-order valence-corrected chi connectivity index (χ1v) is 7.03. The molecule has 0 radical (unpaired) electrons. The maximum atomic E-state index is 12.2. The Morgan fingerprint density at radius 2 is 2.26 bits per heavy atom. The second kappa shape index (κ2) is 6.50. The molecule has 0 spiro atoms. The van der Waals surface area contributed by atoms with Crippen molar-refractivity contribution in [3.05, 3.63) is 18.5 Å². The molecular formula is C14H22N4O. The fourth-order valence-electron chi connectivity index (χ4n) is 2.29. The Bertz CT molecular complexity index is 409. The molecular weight excluding hydrogens is 240 g/mol. The third-order valence-electron chi connectivity index (χ3n) is 3.63. The molecule has 1 amide bonds. The molecule has 104 valence electrons. The number of aromatic nitrogens is 2. The molecule has 0 aliphatic carbocycles. The Labute approximate surface area is 114 Å². The molecule has 5 nitrogen and oxygen atoms in total. The number of anilines is 1. The molecule has 2 rings (SSSR count). The van der Waals surface area contributed by atoms with E-state index in [-0.39, 0.29) is 17.9 Å². The second-order valence-corrected chi connectivity index (χ2v) is 5.15. The van der Waals surface area contributed by atoms with Crippen LogP contribution in [0, 0.1) is 5.92 Å². The van der Waals surface area contributed by atoms with E-state index in [9.17, 15) is 4.79 Å². The topological polar surface area (TPSA) is 58.1 Å². The predicted octanol–water partition coefficient (Wildman–Crippen LogP) is 1.61. The van der Waals surface area contributed by atoms with Crippen LogP contribution < -0.4 is 10.2 Å². The largest absolute Gasteiger partial charge is 0.353 e. The SMILES string of the molecule is CC[C@H](C)NC(=O)[C@H]1CCCN(c2ncccn2)C1. The first-order valence-electron chi connectivity index (χ1n) is 7.03. The van der Waals surface area contributed by atoms with Gasteiger partial charge in [0.15, 0.2) is 0 Å². The first kappa shape index (κ1) is 13.8. The molecule has 1 aliphatic heterocycles. The van der Waals surface area contributed by atoms with Gasteiger partial charge in [0.1, 0.15) is 0 Å². The summed E-state index contributed by atoms with van der Waals surface area (Å²) in [6, 6.07) is 2.05. The van der Waals surface area contributed by atoms with Crippen molar-refractivity contribution >= 4 is 11.9 Å². The van der Waals surface area contributed by atoms with Crippen LogP contribution in [-0.4, -0.2) is 35.0 Å². The van der Waals surface area contributed by atoms with Gasteiger partial charge < -0.3 is 10.2 Å².